The van der Waals surface area contributed by atoms with E-state index in [0.29, 0.717) is 0 Å². The first-order valence-electron chi connectivity index (χ1n) is 2.08. The summed E-state index contributed by atoms with van der Waals surface area (Å²) in [6.45, 7) is 2.00. The van der Waals surface area contributed by atoms with Gasteiger partial charge in [-0.2, -0.15) is 0 Å². The second-order valence-corrected chi connectivity index (χ2v) is 1.32. The summed E-state index contributed by atoms with van der Waals surface area (Å²) in [6.07, 6.45) is 2.56. The van der Waals surface area contributed by atoms with Crippen molar-refractivity contribution in [2.45, 2.75) is 12.8 Å². The zero-order valence-electron chi connectivity index (χ0n) is 3.24. The molecule has 0 atom stereocenters. The molecule has 32 valence electrons. The average Bonchev–Trinajstić information content (AvgIpc) is 1.76. The van der Waals surface area contributed by atoms with Crippen molar-refractivity contribution in [2.75, 3.05) is 13.2 Å². The Labute approximate surface area is 80.9 Å². The minimum absolute atomic E-state index is 0. The van der Waals surface area contributed by atoms with Gasteiger partial charge in [-0.3, -0.25) is 0 Å². The van der Waals surface area contributed by atoms with Gasteiger partial charge < -0.3 is 4.74 Å². The molecule has 0 aromatic rings. The van der Waals surface area contributed by atoms with Crippen molar-refractivity contribution in [3.05, 3.63) is 0 Å². The minimum atomic E-state index is 0. The van der Waals surface area contributed by atoms with Crippen molar-refractivity contribution in [1.29, 1.82) is 0 Å². The van der Waals surface area contributed by atoms with Crippen LogP contribution in [0.1, 0.15) is 12.8 Å². The van der Waals surface area contributed by atoms with Crippen LogP contribution in [0.15, 0.2) is 0 Å². The van der Waals surface area contributed by atoms with Crippen LogP contribution in [0.3, 0.4) is 0 Å². The molecule has 0 amide bonds. The van der Waals surface area contributed by atoms with Crippen molar-refractivity contribution in [3.8, 4) is 0 Å². The van der Waals surface area contributed by atoms with Crippen LogP contribution < -0.4 is 0 Å². The summed E-state index contributed by atoms with van der Waals surface area (Å²) in [5.41, 5.74) is 0. The van der Waals surface area contributed by atoms with Gasteiger partial charge in [0.05, 0.1) is 0 Å². The van der Waals surface area contributed by atoms with Crippen LogP contribution in [0.25, 0.3) is 0 Å². The Morgan fingerprint density at radius 3 is 1.67 bits per heavy atom. The predicted molar refractivity (Wildman–Crippen MR) is 27.2 cm³/mol. The van der Waals surface area contributed by atoms with Crippen LogP contribution in [-0.4, -0.2) is 64.6 Å². The summed E-state index contributed by atoms with van der Waals surface area (Å²) in [6, 6.07) is 0. The Balaban J connectivity index is 0.000000250. The Kier molecular flexibility index (Phi) is 6.01. The molecule has 1 heterocycles. The van der Waals surface area contributed by atoms with E-state index < -0.39 is 0 Å². The predicted octanol–water partition coefficient (Wildman–Crippen LogP) is 0.148. The normalized spacial score (nSPS) is 20.0. The van der Waals surface area contributed by atoms with Gasteiger partial charge in [0.1, 0.15) is 0 Å². The van der Waals surface area contributed by atoms with Crippen molar-refractivity contribution < 1.29 is 4.74 Å². The van der Waals surface area contributed by atoms with Gasteiger partial charge in [-0.05, 0) is 12.8 Å². The fourth-order valence-electron chi connectivity index (χ4n) is 0.510. The van der Waals surface area contributed by atoms with E-state index >= 15 is 0 Å². The third-order valence-corrected chi connectivity index (χ3v) is 0.827. The van der Waals surface area contributed by atoms with E-state index in [1.165, 1.54) is 12.8 Å². The number of hydrogen-bond donors (Lipinski definition) is 0. The molecule has 1 aliphatic rings. The second-order valence-electron chi connectivity index (χ2n) is 1.32. The molecule has 1 rings (SSSR count). The van der Waals surface area contributed by atoms with E-state index in [2.05, 4.69) is 0 Å². The fraction of sp³-hybridized carbons (Fsp3) is 1.00. The SMILES string of the molecule is C1CCOC1.[KH]. The van der Waals surface area contributed by atoms with Crippen LogP contribution in [0.4, 0.5) is 0 Å². The number of ether oxygens (including phenoxy) is 1. The summed E-state index contributed by atoms with van der Waals surface area (Å²) in [5.74, 6) is 0. The first kappa shape index (κ1) is 7.60. The van der Waals surface area contributed by atoms with Crippen molar-refractivity contribution >= 4 is 51.4 Å². The third-order valence-electron chi connectivity index (χ3n) is 0.827. The molecule has 0 spiro atoms. The van der Waals surface area contributed by atoms with Gasteiger partial charge in [0.2, 0.25) is 0 Å². The molecule has 1 saturated heterocycles. The first-order chi connectivity index (χ1) is 2.50. The Bertz CT molecular complexity index is 19.1. The molecular weight excluding hydrogens is 103 g/mol. The topological polar surface area (TPSA) is 9.23 Å². The fourth-order valence-corrected chi connectivity index (χ4v) is 0.510. The molecule has 0 aromatic heterocycles. The van der Waals surface area contributed by atoms with Crippen LogP contribution in [0, 0.1) is 0 Å². The molecule has 2 heteroatoms. The molecule has 0 aliphatic carbocycles. The maximum absolute atomic E-state index is 4.94. The van der Waals surface area contributed by atoms with Crippen molar-refractivity contribution in [2.24, 2.45) is 0 Å². The summed E-state index contributed by atoms with van der Waals surface area (Å²) in [7, 11) is 0. The maximum atomic E-state index is 4.94. The van der Waals surface area contributed by atoms with Gasteiger partial charge in [0.15, 0.2) is 0 Å². The molecule has 0 radical (unpaired) electrons. The van der Waals surface area contributed by atoms with E-state index in [1.54, 1.807) is 0 Å². The molecule has 0 saturated carbocycles. The van der Waals surface area contributed by atoms with Crippen molar-refractivity contribution in [3.63, 3.8) is 0 Å². The van der Waals surface area contributed by atoms with Gasteiger partial charge in [0, 0.05) is 13.2 Å². The van der Waals surface area contributed by atoms with Crippen LogP contribution >= 0.6 is 0 Å². The average molecular weight is 112 g/mol. The molecule has 0 unspecified atom stereocenters. The third kappa shape index (κ3) is 2.72. The van der Waals surface area contributed by atoms with Gasteiger partial charge in [-0.1, -0.05) is 0 Å². The van der Waals surface area contributed by atoms with E-state index in [4.69, 9.17) is 4.74 Å². The van der Waals surface area contributed by atoms with Gasteiger partial charge in [0.25, 0.3) is 0 Å². The van der Waals surface area contributed by atoms with E-state index in [0.717, 1.165) is 13.2 Å². The summed E-state index contributed by atoms with van der Waals surface area (Å²) < 4.78 is 4.94. The molecular formula is C4H9KO. The molecule has 0 aromatic carbocycles. The van der Waals surface area contributed by atoms with Crippen molar-refractivity contribution in [1.82, 2.24) is 0 Å². The van der Waals surface area contributed by atoms with Crippen LogP contribution in [0.2, 0.25) is 0 Å². The Morgan fingerprint density at radius 1 is 1.00 bits per heavy atom. The molecule has 1 aliphatic heterocycles. The quantitative estimate of drug-likeness (QED) is 0.405. The molecule has 6 heavy (non-hydrogen) atoms. The standard InChI is InChI=1S/C4H8O.K.H/c1-2-4-5-3-1;;/h1-4H2;;. The Morgan fingerprint density at radius 2 is 1.50 bits per heavy atom. The zero-order chi connectivity index (χ0) is 3.54. The van der Waals surface area contributed by atoms with Gasteiger partial charge >= 0.3 is 51.4 Å². The second kappa shape index (κ2) is 4.75. The van der Waals surface area contributed by atoms with Gasteiger partial charge in [-0.15, -0.1) is 0 Å². The summed E-state index contributed by atoms with van der Waals surface area (Å²) in [5, 5.41) is 0. The molecule has 1 nitrogen and oxygen atoms in total. The molecule has 0 bridgehead atoms. The summed E-state index contributed by atoms with van der Waals surface area (Å²) in [4.78, 5) is 0. The Hall–Kier alpha value is 1.60. The zero-order valence-corrected chi connectivity index (χ0v) is 3.24. The monoisotopic (exact) mass is 112 g/mol. The van der Waals surface area contributed by atoms with E-state index in [-0.39, 0.29) is 51.4 Å². The number of hydrogen-bond acceptors (Lipinski definition) is 1. The van der Waals surface area contributed by atoms with E-state index in [1.807, 2.05) is 0 Å². The van der Waals surface area contributed by atoms with Crippen LogP contribution in [-0.2, 0) is 4.74 Å². The van der Waals surface area contributed by atoms with Crippen LogP contribution in [0.5, 0.6) is 0 Å². The molecule has 0 N–H and O–H groups in total. The first-order valence-corrected chi connectivity index (χ1v) is 2.08. The van der Waals surface area contributed by atoms with Gasteiger partial charge in [-0.25, -0.2) is 0 Å². The molecule has 1 fully saturated rings. The summed E-state index contributed by atoms with van der Waals surface area (Å²) >= 11 is 0. The number of rotatable bonds is 0. The van der Waals surface area contributed by atoms with E-state index in [9.17, 15) is 0 Å².